The number of ether oxygens (including phenoxy) is 1. The van der Waals surface area contributed by atoms with Crippen molar-refractivity contribution in [1.82, 2.24) is 0 Å². The Morgan fingerprint density at radius 3 is 2.50 bits per heavy atom. The van der Waals surface area contributed by atoms with Gasteiger partial charge in [0, 0.05) is 0 Å². The van der Waals surface area contributed by atoms with Crippen LogP contribution in [0.25, 0.3) is 0 Å². The van der Waals surface area contributed by atoms with E-state index in [-0.39, 0.29) is 11.2 Å². The molecular weight excluding hydrogens is 196 g/mol. The van der Waals surface area contributed by atoms with E-state index in [0.29, 0.717) is 5.41 Å². The van der Waals surface area contributed by atoms with Gasteiger partial charge in [0.2, 0.25) is 0 Å². The number of rotatable bonds is 0. The van der Waals surface area contributed by atoms with Crippen molar-refractivity contribution in [1.29, 1.82) is 0 Å². The first-order chi connectivity index (χ1) is 7.36. The van der Waals surface area contributed by atoms with E-state index in [4.69, 9.17) is 4.74 Å². The highest BCUT2D eigenvalue weighted by Gasteiger charge is 2.59. The molecule has 1 saturated heterocycles. The van der Waals surface area contributed by atoms with Crippen LogP contribution in [0.1, 0.15) is 66.2 Å². The van der Waals surface area contributed by atoms with Gasteiger partial charge in [-0.05, 0) is 70.1 Å². The van der Waals surface area contributed by atoms with Gasteiger partial charge in [-0.3, -0.25) is 0 Å². The maximum atomic E-state index is 6.56. The maximum Gasteiger partial charge on any atom is 0.0695 e. The molecule has 3 aliphatic rings. The van der Waals surface area contributed by atoms with Crippen LogP contribution in [0.3, 0.4) is 0 Å². The van der Waals surface area contributed by atoms with Crippen molar-refractivity contribution in [2.75, 3.05) is 0 Å². The highest BCUT2D eigenvalue weighted by molar-refractivity contribution is 5.08. The maximum absolute atomic E-state index is 6.56. The normalized spacial score (nSPS) is 54.8. The average molecular weight is 222 g/mol. The van der Waals surface area contributed by atoms with E-state index in [1.54, 1.807) is 0 Å². The highest BCUT2D eigenvalue weighted by atomic mass is 16.5. The second-order valence-corrected chi connectivity index (χ2v) is 7.55. The van der Waals surface area contributed by atoms with Crippen LogP contribution in [-0.4, -0.2) is 11.2 Å². The smallest absolute Gasteiger partial charge is 0.0695 e. The van der Waals surface area contributed by atoms with Crippen LogP contribution in [0.2, 0.25) is 0 Å². The third-order valence-electron chi connectivity index (χ3n) is 6.06. The van der Waals surface area contributed by atoms with Crippen LogP contribution >= 0.6 is 0 Å². The van der Waals surface area contributed by atoms with Gasteiger partial charge in [-0.25, -0.2) is 0 Å². The lowest BCUT2D eigenvalue weighted by molar-refractivity contribution is -0.275. The highest BCUT2D eigenvalue weighted by Crippen LogP contribution is 2.62. The quantitative estimate of drug-likeness (QED) is 0.598. The van der Waals surface area contributed by atoms with Crippen molar-refractivity contribution in [2.45, 2.75) is 77.4 Å². The van der Waals surface area contributed by atoms with Gasteiger partial charge >= 0.3 is 0 Å². The third kappa shape index (κ3) is 1.33. The molecule has 1 nitrogen and oxygen atoms in total. The fraction of sp³-hybridized carbons (Fsp3) is 1.00. The van der Waals surface area contributed by atoms with Gasteiger partial charge in [0.15, 0.2) is 0 Å². The molecule has 16 heavy (non-hydrogen) atoms. The second-order valence-electron chi connectivity index (χ2n) is 7.55. The molecular formula is C15H26O. The predicted octanol–water partition coefficient (Wildman–Crippen LogP) is 4.16. The molecule has 3 fully saturated rings. The molecule has 1 aliphatic heterocycles. The monoisotopic (exact) mass is 222 g/mol. The summed E-state index contributed by atoms with van der Waals surface area (Å²) in [5, 5.41) is 0. The number of hydrogen-bond acceptors (Lipinski definition) is 1. The lowest BCUT2D eigenvalue weighted by atomic mass is 9.50. The molecule has 1 heterocycles. The van der Waals surface area contributed by atoms with Gasteiger partial charge in [0.1, 0.15) is 0 Å². The minimum atomic E-state index is 0.115. The van der Waals surface area contributed by atoms with Crippen LogP contribution < -0.4 is 0 Å². The summed E-state index contributed by atoms with van der Waals surface area (Å²) >= 11 is 0. The average Bonchev–Trinajstić information content (AvgIpc) is 2.14. The molecule has 4 atom stereocenters. The Labute approximate surface area is 99.9 Å². The lowest BCUT2D eigenvalue weighted by Crippen LogP contribution is -2.62. The van der Waals surface area contributed by atoms with Crippen LogP contribution in [0.15, 0.2) is 0 Å². The Balaban J connectivity index is 2.00. The zero-order chi connectivity index (χ0) is 11.6. The van der Waals surface area contributed by atoms with E-state index in [2.05, 4.69) is 27.7 Å². The van der Waals surface area contributed by atoms with E-state index >= 15 is 0 Å². The van der Waals surface area contributed by atoms with Crippen molar-refractivity contribution in [3.63, 3.8) is 0 Å². The first-order valence-corrected chi connectivity index (χ1v) is 7.06. The fourth-order valence-corrected chi connectivity index (χ4v) is 5.11. The summed E-state index contributed by atoms with van der Waals surface area (Å²) < 4.78 is 6.56. The molecule has 0 amide bonds. The molecule has 2 saturated carbocycles. The zero-order valence-corrected chi connectivity index (χ0v) is 11.3. The molecule has 0 aromatic carbocycles. The molecule has 3 rings (SSSR count). The standard InChI is InChI=1S/C15H26O/c1-13(2)11-6-9-14(3)7-5-8-15(4,16-13)12(14)10-11/h11-12H,5-10H2,1-4H3/t11-,12-,14+,15-/m1/s1. The van der Waals surface area contributed by atoms with Crippen LogP contribution in [-0.2, 0) is 4.74 Å². The number of fused-ring (bicyclic) bond motifs is 1. The van der Waals surface area contributed by atoms with Gasteiger partial charge in [-0.15, -0.1) is 0 Å². The van der Waals surface area contributed by atoms with E-state index in [1.165, 1.54) is 38.5 Å². The van der Waals surface area contributed by atoms with E-state index < -0.39 is 0 Å². The Morgan fingerprint density at radius 2 is 1.75 bits per heavy atom. The van der Waals surface area contributed by atoms with Crippen molar-refractivity contribution >= 4 is 0 Å². The van der Waals surface area contributed by atoms with E-state index in [9.17, 15) is 0 Å². The van der Waals surface area contributed by atoms with Crippen LogP contribution in [0, 0.1) is 17.3 Å². The van der Waals surface area contributed by atoms with E-state index in [1.807, 2.05) is 0 Å². The Hall–Kier alpha value is -0.0400. The topological polar surface area (TPSA) is 9.23 Å². The third-order valence-corrected chi connectivity index (χ3v) is 6.06. The Morgan fingerprint density at radius 1 is 1.00 bits per heavy atom. The van der Waals surface area contributed by atoms with Gasteiger partial charge in [0.25, 0.3) is 0 Å². The van der Waals surface area contributed by atoms with Gasteiger partial charge < -0.3 is 4.74 Å². The summed E-state index contributed by atoms with van der Waals surface area (Å²) in [6, 6.07) is 0. The first-order valence-electron chi connectivity index (χ1n) is 7.06. The molecule has 0 aromatic rings. The Bertz CT molecular complexity index is 309. The number of hydrogen-bond donors (Lipinski definition) is 0. The first kappa shape index (κ1) is 11.1. The molecule has 0 N–H and O–H groups in total. The van der Waals surface area contributed by atoms with Crippen molar-refractivity contribution in [3.8, 4) is 0 Å². The summed E-state index contributed by atoms with van der Waals surface area (Å²) in [6.07, 6.45) is 8.32. The predicted molar refractivity (Wildman–Crippen MR) is 66.4 cm³/mol. The summed E-state index contributed by atoms with van der Waals surface area (Å²) in [5.41, 5.74) is 0.872. The molecule has 1 heteroatoms. The van der Waals surface area contributed by atoms with Gasteiger partial charge in [-0.1, -0.05) is 13.3 Å². The summed E-state index contributed by atoms with van der Waals surface area (Å²) in [4.78, 5) is 0. The molecule has 0 unspecified atom stereocenters. The molecule has 92 valence electrons. The zero-order valence-electron chi connectivity index (χ0n) is 11.3. The molecule has 2 aliphatic carbocycles. The molecule has 0 radical (unpaired) electrons. The summed E-state index contributed by atoms with van der Waals surface area (Å²) in [6.45, 7) is 9.54. The molecule has 2 bridgehead atoms. The summed E-state index contributed by atoms with van der Waals surface area (Å²) in [5.74, 6) is 1.62. The fourth-order valence-electron chi connectivity index (χ4n) is 5.11. The van der Waals surface area contributed by atoms with Crippen LogP contribution in [0.4, 0.5) is 0 Å². The lowest BCUT2D eigenvalue weighted by Gasteiger charge is -2.63. The SMILES string of the molecule is CC1(C)O[C@]2(C)CCC[C@@]3(C)CC[C@@H]1C[C@H]32. The minimum absolute atomic E-state index is 0.115. The summed E-state index contributed by atoms with van der Waals surface area (Å²) in [7, 11) is 0. The van der Waals surface area contributed by atoms with Crippen molar-refractivity contribution in [3.05, 3.63) is 0 Å². The van der Waals surface area contributed by atoms with Gasteiger partial charge in [-0.2, -0.15) is 0 Å². The second kappa shape index (κ2) is 3.04. The Kier molecular flexibility index (Phi) is 2.11. The van der Waals surface area contributed by atoms with Crippen molar-refractivity contribution < 1.29 is 4.74 Å². The molecule has 0 aromatic heterocycles. The van der Waals surface area contributed by atoms with Crippen molar-refractivity contribution in [2.24, 2.45) is 17.3 Å². The largest absolute Gasteiger partial charge is 0.369 e. The minimum Gasteiger partial charge on any atom is -0.369 e. The van der Waals surface area contributed by atoms with E-state index in [0.717, 1.165) is 11.8 Å². The van der Waals surface area contributed by atoms with Crippen LogP contribution in [0.5, 0.6) is 0 Å². The van der Waals surface area contributed by atoms with Gasteiger partial charge in [0.05, 0.1) is 11.2 Å². The molecule has 0 spiro atoms.